The van der Waals surface area contributed by atoms with E-state index in [1.807, 2.05) is 13.0 Å². The number of halogens is 4. The zero-order chi connectivity index (χ0) is 18.7. The van der Waals surface area contributed by atoms with E-state index in [-0.39, 0.29) is 13.0 Å². The van der Waals surface area contributed by atoms with Crippen LogP contribution in [-0.2, 0) is 0 Å². The summed E-state index contributed by atoms with van der Waals surface area (Å²) in [6.07, 6.45) is -1.75. The SMILES string of the molecule is Cc1ccc(Cl)cc1Nc1cc(NCCCC(F)(F)F)c2nccn2n1. The number of nitrogens with one attached hydrogen (secondary N) is 2. The molecular weight excluding hydrogens is 367 g/mol. The third-order valence-corrected chi connectivity index (χ3v) is 4.01. The van der Waals surface area contributed by atoms with Crippen molar-refractivity contribution >= 4 is 34.4 Å². The number of alkyl halides is 3. The highest BCUT2D eigenvalue weighted by molar-refractivity contribution is 6.30. The first-order valence-electron chi connectivity index (χ1n) is 8.00. The molecule has 0 saturated carbocycles. The van der Waals surface area contributed by atoms with Crippen LogP contribution in [-0.4, -0.2) is 27.3 Å². The Kier molecular flexibility index (Phi) is 5.22. The van der Waals surface area contributed by atoms with Gasteiger partial charge < -0.3 is 10.6 Å². The molecule has 3 aromatic rings. The highest BCUT2D eigenvalue weighted by Gasteiger charge is 2.25. The van der Waals surface area contributed by atoms with Gasteiger partial charge in [0.15, 0.2) is 11.5 Å². The van der Waals surface area contributed by atoms with Crippen molar-refractivity contribution < 1.29 is 13.2 Å². The number of nitrogens with zero attached hydrogens (tertiary/aromatic N) is 3. The molecule has 0 aliphatic rings. The number of aromatic nitrogens is 3. The number of rotatable bonds is 6. The van der Waals surface area contributed by atoms with E-state index < -0.39 is 12.6 Å². The molecule has 0 aliphatic carbocycles. The van der Waals surface area contributed by atoms with E-state index in [1.54, 1.807) is 35.1 Å². The van der Waals surface area contributed by atoms with Gasteiger partial charge >= 0.3 is 6.18 Å². The number of anilines is 3. The second kappa shape index (κ2) is 7.41. The first-order chi connectivity index (χ1) is 12.3. The topological polar surface area (TPSA) is 54.2 Å². The lowest BCUT2D eigenvalue weighted by Crippen LogP contribution is -2.12. The van der Waals surface area contributed by atoms with Gasteiger partial charge in [-0.1, -0.05) is 17.7 Å². The van der Waals surface area contributed by atoms with Crippen molar-refractivity contribution in [3.05, 3.63) is 47.2 Å². The van der Waals surface area contributed by atoms with Crippen LogP contribution in [0, 0.1) is 6.92 Å². The fraction of sp³-hybridized carbons (Fsp3) is 0.294. The van der Waals surface area contributed by atoms with Crippen molar-refractivity contribution in [2.45, 2.75) is 25.9 Å². The minimum Gasteiger partial charge on any atom is -0.382 e. The molecule has 0 radical (unpaired) electrons. The summed E-state index contributed by atoms with van der Waals surface area (Å²) < 4.78 is 38.4. The van der Waals surface area contributed by atoms with E-state index >= 15 is 0 Å². The summed E-state index contributed by atoms with van der Waals surface area (Å²) in [6.45, 7) is 2.12. The average molecular weight is 384 g/mol. The lowest BCUT2D eigenvalue weighted by atomic mass is 10.2. The van der Waals surface area contributed by atoms with E-state index in [2.05, 4.69) is 20.7 Å². The summed E-state index contributed by atoms with van der Waals surface area (Å²) in [4.78, 5) is 4.19. The van der Waals surface area contributed by atoms with Crippen molar-refractivity contribution in [1.29, 1.82) is 0 Å². The van der Waals surface area contributed by atoms with Gasteiger partial charge in [0.2, 0.25) is 0 Å². The van der Waals surface area contributed by atoms with Crippen LogP contribution in [0.4, 0.5) is 30.4 Å². The van der Waals surface area contributed by atoms with Crippen molar-refractivity contribution in [3.63, 3.8) is 0 Å². The summed E-state index contributed by atoms with van der Waals surface area (Å²) in [6, 6.07) is 7.18. The molecule has 2 heterocycles. The maximum absolute atomic E-state index is 12.3. The lowest BCUT2D eigenvalue weighted by molar-refractivity contribution is -0.134. The second-order valence-electron chi connectivity index (χ2n) is 5.87. The maximum atomic E-state index is 12.3. The Morgan fingerprint density at radius 2 is 2.00 bits per heavy atom. The van der Waals surface area contributed by atoms with E-state index in [0.717, 1.165) is 11.3 Å². The summed E-state index contributed by atoms with van der Waals surface area (Å²) in [5, 5.41) is 11.2. The van der Waals surface area contributed by atoms with Crippen LogP contribution in [0.1, 0.15) is 18.4 Å². The Morgan fingerprint density at radius 3 is 2.77 bits per heavy atom. The van der Waals surface area contributed by atoms with E-state index in [1.165, 1.54) is 0 Å². The number of benzene rings is 1. The normalized spacial score (nSPS) is 11.7. The standard InChI is InChI=1S/C17H17ClF3N5/c1-11-3-4-12(18)9-13(11)24-15-10-14(16-23-7-8-26(16)25-15)22-6-2-5-17(19,20)21/h3-4,7-10,22H,2,5-6H2,1H3,(H,24,25). The summed E-state index contributed by atoms with van der Waals surface area (Å²) in [5.41, 5.74) is 2.94. The molecule has 5 nitrogen and oxygen atoms in total. The Labute approximate surface area is 153 Å². The third kappa shape index (κ3) is 4.57. The number of imidazole rings is 1. The molecule has 138 valence electrons. The lowest BCUT2D eigenvalue weighted by Gasteiger charge is -2.13. The first kappa shape index (κ1) is 18.3. The van der Waals surface area contributed by atoms with Crippen molar-refractivity contribution in [2.75, 3.05) is 17.2 Å². The highest BCUT2D eigenvalue weighted by Crippen LogP contribution is 2.26. The molecule has 0 bridgehead atoms. The zero-order valence-electron chi connectivity index (χ0n) is 13.9. The predicted molar refractivity (Wildman–Crippen MR) is 96.2 cm³/mol. The first-order valence-corrected chi connectivity index (χ1v) is 8.38. The average Bonchev–Trinajstić information content (AvgIpc) is 3.02. The number of hydrogen-bond acceptors (Lipinski definition) is 4. The van der Waals surface area contributed by atoms with Gasteiger partial charge in [0.05, 0.1) is 5.69 Å². The molecule has 0 atom stereocenters. The highest BCUT2D eigenvalue weighted by atomic mass is 35.5. The second-order valence-corrected chi connectivity index (χ2v) is 6.30. The summed E-state index contributed by atoms with van der Waals surface area (Å²) >= 11 is 6.03. The van der Waals surface area contributed by atoms with Gasteiger partial charge in [0, 0.05) is 42.1 Å². The molecule has 0 unspecified atom stereocenters. The minimum absolute atomic E-state index is 0.0190. The molecule has 9 heteroatoms. The molecular formula is C17H17ClF3N5. The zero-order valence-corrected chi connectivity index (χ0v) is 14.7. The predicted octanol–water partition coefficient (Wildman–Crippen LogP) is 5.19. The number of hydrogen-bond donors (Lipinski definition) is 2. The van der Waals surface area contributed by atoms with Gasteiger partial charge in [-0.25, -0.2) is 9.50 Å². The Morgan fingerprint density at radius 1 is 1.19 bits per heavy atom. The van der Waals surface area contributed by atoms with Gasteiger partial charge in [-0.2, -0.15) is 13.2 Å². The molecule has 1 aromatic carbocycles. The molecule has 2 N–H and O–H groups in total. The van der Waals surface area contributed by atoms with E-state index in [0.29, 0.717) is 22.2 Å². The van der Waals surface area contributed by atoms with Crippen LogP contribution in [0.25, 0.3) is 5.65 Å². The van der Waals surface area contributed by atoms with Gasteiger partial charge in [0.1, 0.15) is 0 Å². The molecule has 0 saturated heterocycles. The van der Waals surface area contributed by atoms with Crippen LogP contribution in [0.15, 0.2) is 36.7 Å². The molecule has 0 spiro atoms. The molecule has 26 heavy (non-hydrogen) atoms. The Bertz CT molecular complexity index is 907. The Balaban J connectivity index is 1.80. The van der Waals surface area contributed by atoms with Gasteiger partial charge in [0.25, 0.3) is 0 Å². The van der Waals surface area contributed by atoms with Crippen molar-refractivity contribution in [2.24, 2.45) is 0 Å². The maximum Gasteiger partial charge on any atom is 0.389 e. The molecule has 0 fully saturated rings. The van der Waals surface area contributed by atoms with Crippen LogP contribution in [0.3, 0.4) is 0 Å². The monoisotopic (exact) mass is 383 g/mol. The smallest absolute Gasteiger partial charge is 0.382 e. The summed E-state index contributed by atoms with van der Waals surface area (Å²) in [7, 11) is 0. The van der Waals surface area contributed by atoms with Crippen molar-refractivity contribution in [3.8, 4) is 0 Å². The molecule has 0 aliphatic heterocycles. The minimum atomic E-state index is -4.15. The van der Waals surface area contributed by atoms with Crippen molar-refractivity contribution in [1.82, 2.24) is 14.6 Å². The van der Waals surface area contributed by atoms with Crippen LogP contribution in [0.5, 0.6) is 0 Å². The summed E-state index contributed by atoms with van der Waals surface area (Å²) in [5.74, 6) is 0.527. The van der Waals surface area contributed by atoms with Gasteiger partial charge in [-0.05, 0) is 31.0 Å². The number of fused-ring (bicyclic) bond motifs is 1. The Hall–Kier alpha value is -2.48. The number of aryl methyl sites for hydroxylation is 1. The third-order valence-electron chi connectivity index (χ3n) is 3.77. The fourth-order valence-corrected chi connectivity index (χ4v) is 2.66. The molecule has 0 amide bonds. The van der Waals surface area contributed by atoms with Crippen LogP contribution in [0.2, 0.25) is 5.02 Å². The fourth-order valence-electron chi connectivity index (χ4n) is 2.49. The molecule has 2 aromatic heterocycles. The largest absolute Gasteiger partial charge is 0.389 e. The van der Waals surface area contributed by atoms with E-state index in [9.17, 15) is 13.2 Å². The van der Waals surface area contributed by atoms with Crippen LogP contribution >= 0.6 is 11.6 Å². The quantitative estimate of drug-likeness (QED) is 0.575. The van der Waals surface area contributed by atoms with Gasteiger partial charge in [-0.3, -0.25) is 0 Å². The van der Waals surface area contributed by atoms with E-state index in [4.69, 9.17) is 11.6 Å². The molecule has 3 rings (SSSR count). The van der Waals surface area contributed by atoms with Crippen LogP contribution < -0.4 is 10.6 Å². The van der Waals surface area contributed by atoms with Gasteiger partial charge in [-0.15, -0.1) is 5.10 Å².